The summed E-state index contributed by atoms with van der Waals surface area (Å²) in [5.74, 6) is -0.915. The Morgan fingerprint density at radius 2 is 1.81 bits per heavy atom. The maximum Gasteiger partial charge on any atom is 0.408 e. The van der Waals surface area contributed by atoms with Crippen molar-refractivity contribution in [2.45, 2.75) is 19.1 Å². The molecule has 1 heterocycles. The number of halogens is 6. The van der Waals surface area contributed by atoms with Gasteiger partial charge in [0.15, 0.2) is 0 Å². The molecule has 1 aliphatic heterocycles. The van der Waals surface area contributed by atoms with Gasteiger partial charge in [-0.2, -0.15) is 13.2 Å². The summed E-state index contributed by atoms with van der Waals surface area (Å²) in [6.07, 6.45) is -4.57. The maximum absolute atomic E-state index is 13.9. The zero-order chi connectivity index (χ0) is 14.9. The number of piperazine rings is 1. The zero-order valence-electron chi connectivity index (χ0n) is 11.3. The Bertz CT molecular complexity index is 488. The van der Waals surface area contributed by atoms with Crippen molar-refractivity contribution in [2.75, 3.05) is 26.2 Å². The molecule has 120 valence electrons. The summed E-state index contributed by atoms with van der Waals surface area (Å²) in [6, 6.07) is 0.418. The highest BCUT2D eigenvalue weighted by molar-refractivity contribution is 6.32. The first kappa shape index (κ1) is 18.5. The second kappa shape index (κ2) is 7.13. The molecule has 0 aliphatic carbocycles. The predicted molar refractivity (Wildman–Crippen MR) is 76.6 cm³/mol. The first-order valence-electron chi connectivity index (χ1n) is 6.28. The number of alkyl halides is 3. The first-order chi connectivity index (χ1) is 9.32. The Morgan fingerprint density at radius 1 is 1.24 bits per heavy atom. The lowest BCUT2D eigenvalue weighted by Gasteiger charge is -2.36. The number of benzene rings is 1. The van der Waals surface area contributed by atoms with Gasteiger partial charge in [0.05, 0.1) is 5.02 Å². The van der Waals surface area contributed by atoms with Crippen LogP contribution in [-0.4, -0.2) is 37.3 Å². The lowest BCUT2D eigenvalue weighted by Crippen LogP contribution is -2.49. The molecule has 0 saturated carbocycles. The van der Waals surface area contributed by atoms with E-state index in [2.05, 4.69) is 5.32 Å². The van der Waals surface area contributed by atoms with Crippen LogP contribution >= 0.6 is 24.0 Å². The Balaban J connectivity index is 0.00000220. The van der Waals surface area contributed by atoms with Gasteiger partial charge in [-0.1, -0.05) is 17.7 Å². The van der Waals surface area contributed by atoms with Crippen molar-refractivity contribution in [1.29, 1.82) is 0 Å². The zero-order valence-corrected chi connectivity index (χ0v) is 12.9. The number of nitrogens with zero attached hydrogens (tertiary/aromatic N) is 1. The van der Waals surface area contributed by atoms with Crippen molar-refractivity contribution in [3.05, 3.63) is 34.1 Å². The molecule has 1 atom stereocenters. The van der Waals surface area contributed by atoms with E-state index in [4.69, 9.17) is 11.6 Å². The standard InChI is InChI=1S/C13H15ClF4N2.ClH/c1-8-2-3-9(15)10(11(8)14)12(13(16,17)18)20-6-4-19-5-7-20;/h2-3,12,19H,4-7H2,1H3;1H/t12-;/m0./s1. The molecule has 2 rings (SSSR count). The minimum atomic E-state index is -4.57. The molecule has 0 unspecified atom stereocenters. The molecule has 21 heavy (non-hydrogen) atoms. The molecule has 0 bridgehead atoms. The number of hydrogen-bond acceptors (Lipinski definition) is 2. The topological polar surface area (TPSA) is 15.3 Å². The van der Waals surface area contributed by atoms with Crippen LogP contribution in [-0.2, 0) is 0 Å². The summed E-state index contributed by atoms with van der Waals surface area (Å²) in [5, 5.41) is 2.83. The van der Waals surface area contributed by atoms with Crippen LogP contribution in [0.15, 0.2) is 12.1 Å². The molecule has 1 aromatic rings. The van der Waals surface area contributed by atoms with Crippen LogP contribution in [0.5, 0.6) is 0 Å². The highest BCUT2D eigenvalue weighted by Gasteiger charge is 2.47. The molecule has 1 saturated heterocycles. The summed E-state index contributed by atoms with van der Waals surface area (Å²) >= 11 is 5.94. The molecule has 1 aliphatic rings. The molecule has 0 amide bonds. The second-order valence-electron chi connectivity index (χ2n) is 4.82. The Kier molecular flexibility index (Phi) is 6.28. The third kappa shape index (κ3) is 4.00. The Morgan fingerprint density at radius 3 is 2.33 bits per heavy atom. The second-order valence-corrected chi connectivity index (χ2v) is 5.20. The molecular weight excluding hydrogens is 331 g/mol. The van der Waals surface area contributed by atoms with Crippen molar-refractivity contribution in [3.8, 4) is 0 Å². The minimum Gasteiger partial charge on any atom is -0.314 e. The number of aryl methyl sites for hydroxylation is 1. The van der Waals surface area contributed by atoms with Gasteiger partial charge in [0.2, 0.25) is 0 Å². The van der Waals surface area contributed by atoms with Crippen LogP contribution in [0.4, 0.5) is 17.6 Å². The highest BCUT2D eigenvalue weighted by atomic mass is 35.5. The van der Waals surface area contributed by atoms with E-state index < -0.39 is 23.6 Å². The fourth-order valence-corrected chi connectivity index (χ4v) is 2.68. The Hall–Kier alpha value is -0.560. The van der Waals surface area contributed by atoms with E-state index in [0.717, 1.165) is 6.07 Å². The first-order valence-corrected chi connectivity index (χ1v) is 6.66. The van der Waals surface area contributed by atoms with Crippen molar-refractivity contribution in [3.63, 3.8) is 0 Å². The van der Waals surface area contributed by atoms with Crippen molar-refractivity contribution in [1.82, 2.24) is 10.2 Å². The monoisotopic (exact) mass is 346 g/mol. The normalized spacial score (nSPS) is 18.2. The largest absolute Gasteiger partial charge is 0.408 e. The van der Waals surface area contributed by atoms with Gasteiger partial charge in [-0.3, -0.25) is 4.90 Å². The maximum atomic E-state index is 13.9. The van der Waals surface area contributed by atoms with Crippen LogP contribution in [0.2, 0.25) is 5.02 Å². The van der Waals surface area contributed by atoms with E-state index in [1.807, 2.05) is 0 Å². The average molecular weight is 347 g/mol. The molecule has 1 fully saturated rings. The van der Waals surface area contributed by atoms with Gasteiger partial charge in [0, 0.05) is 31.7 Å². The molecule has 1 aromatic carbocycles. The quantitative estimate of drug-likeness (QED) is 0.821. The molecular formula is C13H16Cl2F4N2. The van der Waals surface area contributed by atoms with Gasteiger partial charge in [0.1, 0.15) is 11.9 Å². The van der Waals surface area contributed by atoms with E-state index >= 15 is 0 Å². The van der Waals surface area contributed by atoms with E-state index in [1.54, 1.807) is 6.92 Å². The molecule has 0 aromatic heterocycles. The summed E-state index contributed by atoms with van der Waals surface area (Å²) in [4.78, 5) is 1.22. The van der Waals surface area contributed by atoms with Gasteiger partial charge < -0.3 is 5.32 Å². The fourth-order valence-electron chi connectivity index (χ4n) is 2.42. The molecule has 0 radical (unpaired) electrons. The lowest BCUT2D eigenvalue weighted by atomic mass is 10.0. The van der Waals surface area contributed by atoms with Crippen LogP contribution in [0.3, 0.4) is 0 Å². The smallest absolute Gasteiger partial charge is 0.314 e. The number of rotatable bonds is 2. The van der Waals surface area contributed by atoms with Gasteiger partial charge >= 0.3 is 6.18 Å². The van der Waals surface area contributed by atoms with E-state index in [9.17, 15) is 17.6 Å². The molecule has 1 N–H and O–H groups in total. The van der Waals surface area contributed by atoms with Gasteiger partial charge in [-0.05, 0) is 18.6 Å². The van der Waals surface area contributed by atoms with Crippen LogP contribution in [0.25, 0.3) is 0 Å². The van der Waals surface area contributed by atoms with Crippen molar-refractivity contribution in [2.24, 2.45) is 0 Å². The summed E-state index contributed by atoms with van der Waals surface area (Å²) in [7, 11) is 0. The van der Waals surface area contributed by atoms with E-state index in [0.29, 0.717) is 18.7 Å². The van der Waals surface area contributed by atoms with Crippen LogP contribution in [0, 0.1) is 12.7 Å². The van der Waals surface area contributed by atoms with E-state index in [-0.39, 0.29) is 30.5 Å². The molecule has 0 spiro atoms. The minimum absolute atomic E-state index is 0. The van der Waals surface area contributed by atoms with Gasteiger partial charge in [-0.15, -0.1) is 12.4 Å². The lowest BCUT2D eigenvalue weighted by molar-refractivity contribution is -0.188. The average Bonchev–Trinajstić information content (AvgIpc) is 2.39. The third-order valence-corrected chi connectivity index (χ3v) is 3.92. The third-order valence-electron chi connectivity index (χ3n) is 3.42. The number of hydrogen-bond donors (Lipinski definition) is 1. The highest BCUT2D eigenvalue weighted by Crippen LogP contribution is 2.42. The number of nitrogens with one attached hydrogen (secondary N) is 1. The molecule has 2 nitrogen and oxygen atoms in total. The predicted octanol–water partition coefficient (Wildman–Crippen LogP) is 3.72. The van der Waals surface area contributed by atoms with E-state index in [1.165, 1.54) is 11.0 Å². The SMILES string of the molecule is Cc1ccc(F)c([C@H](N2CCNCC2)C(F)(F)F)c1Cl.Cl. The van der Waals surface area contributed by atoms with Gasteiger partial charge in [-0.25, -0.2) is 4.39 Å². The summed E-state index contributed by atoms with van der Waals surface area (Å²) < 4.78 is 54.1. The Labute approximate surface area is 131 Å². The molecule has 8 heteroatoms. The van der Waals surface area contributed by atoms with Crippen LogP contribution in [0.1, 0.15) is 17.2 Å². The van der Waals surface area contributed by atoms with Crippen LogP contribution < -0.4 is 5.32 Å². The summed E-state index contributed by atoms with van der Waals surface area (Å²) in [6.45, 7) is 2.85. The van der Waals surface area contributed by atoms with Crippen molar-refractivity contribution < 1.29 is 17.6 Å². The van der Waals surface area contributed by atoms with Crippen molar-refractivity contribution >= 4 is 24.0 Å². The fraction of sp³-hybridized carbons (Fsp3) is 0.538. The van der Waals surface area contributed by atoms with Gasteiger partial charge in [0.25, 0.3) is 0 Å². The summed E-state index contributed by atoms with van der Waals surface area (Å²) in [5.41, 5.74) is -0.0338.